The fraction of sp³-hybridized carbons (Fsp3) is 0.115. The van der Waals surface area contributed by atoms with Crippen molar-refractivity contribution < 1.29 is 29.0 Å². The van der Waals surface area contributed by atoms with E-state index in [0.717, 1.165) is 10.5 Å². The van der Waals surface area contributed by atoms with Gasteiger partial charge in [0.1, 0.15) is 17.9 Å². The lowest BCUT2D eigenvalue weighted by Crippen LogP contribution is -2.54. The second-order valence-electron chi connectivity index (χ2n) is 7.53. The highest BCUT2D eigenvalue weighted by Crippen LogP contribution is 2.31. The molecular formula is C26H21ClN2O6. The lowest BCUT2D eigenvalue weighted by atomic mass is 10.1. The van der Waals surface area contributed by atoms with Crippen LogP contribution in [0.25, 0.3) is 6.08 Å². The van der Waals surface area contributed by atoms with E-state index < -0.39 is 17.8 Å². The van der Waals surface area contributed by atoms with Crippen LogP contribution in [0, 0.1) is 0 Å². The van der Waals surface area contributed by atoms with Gasteiger partial charge in [-0.25, -0.2) is 9.69 Å². The van der Waals surface area contributed by atoms with Crippen LogP contribution in [-0.2, 0) is 16.2 Å². The largest absolute Gasteiger partial charge is 0.508 e. The van der Waals surface area contributed by atoms with Crippen molar-refractivity contribution in [1.29, 1.82) is 0 Å². The minimum Gasteiger partial charge on any atom is -0.508 e. The first-order valence-corrected chi connectivity index (χ1v) is 11.1. The van der Waals surface area contributed by atoms with Crippen molar-refractivity contribution in [2.75, 3.05) is 11.5 Å². The van der Waals surface area contributed by atoms with Gasteiger partial charge in [0.2, 0.25) is 0 Å². The smallest absolute Gasteiger partial charge is 0.335 e. The Morgan fingerprint density at radius 1 is 0.943 bits per heavy atom. The second kappa shape index (κ2) is 10.3. The quantitative estimate of drug-likeness (QED) is 0.366. The third-order valence-corrected chi connectivity index (χ3v) is 5.35. The van der Waals surface area contributed by atoms with Gasteiger partial charge in [-0.1, -0.05) is 29.8 Å². The predicted octanol–water partition coefficient (Wildman–Crippen LogP) is 4.69. The summed E-state index contributed by atoms with van der Waals surface area (Å²) in [5.41, 5.74) is 1.41. The van der Waals surface area contributed by atoms with E-state index in [1.54, 1.807) is 30.3 Å². The standard InChI is InChI=1S/C26H21ClN2O6/c1-2-34-23-14-17(5-12-22(23)35-15-16-3-6-18(27)7-4-16)13-21-24(31)28-26(33)29(25(21)32)19-8-10-20(30)11-9-19/h3-14,30H,2,15H2,1H3,(H,28,31,33)/b21-13+. The summed E-state index contributed by atoms with van der Waals surface area (Å²) < 4.78 is 11.6. The molecule has 0 bridgehead atoms. The average Bonchev–Trinajstić information content (AvgIpc) is 2.83. The van der Waals surface area contributed by atoms with Crippen molar-refractivity contribution in [2.45, 2.75) is 13.5 Å². The number of nitrogens with zero attached hydrogens (tertiary/aromatic N) is 1. The highest BCUT2D eigenvalue weighted by molar-refractivity contribution is 6.39. The van der Waals surface area contributed by atoms with Crippen molar-refractivity contribution in [3.05, 3.63) is 88.5 Å². The molecule has 0 spiro atoms. The topological polar surface area (TPSA) is 105 Å². The zero-order chi connectivity index (χ0) is 24.9. The highest BCUT2D eigenvalue weighted by atomic mass is 35.5. The van der Waals surface area contributed by atoms with Gasteiger partial charge < -0.3 is 14.6 Å². The first kappa shape index (κ1) is 23.8. The molecule has 9 heteroatoms. The highest BCUT2D eigenvalue weighted by Gasteiger charge is 2.36. The Bertz CT molecular complexity index is 1300. The minimum atomic E-state index is -0.871. The van der Waals surface area contributed by atoms with E-state index in [2.05, 4.69) is 5.32 Å². The van der Waals surface area contributed by atoms with Crippen molar-refractivity contribution >= 4 is 41.2 Å². The molecule has 0 atom stereocenters. The number of rotatable bonds is 7. The monoisotopic (exact) mass is 492 g/mol. The first-order chi connectivity index (χ1) is 16.9. The van der Waals surface area contributed by atoms with E-state index >= 15 is 0 Å². The van der Waals surface area contributed by atoms with Crippen LogP contribution in [0.2, 0.25) is 5.02 Å². The molecule has 0 radical (unpaired) electrons. The number of ether oxygens (including phenoxy) is 2. The van der Waals surface area contributed by atoms with Crippen molar-refractivity contribution in [2.24, 2.45) is 0 Å². The molecule has 4 rings (SSSR count). The van der Waals surface area contributed by atoms with Crippen LogP contribution in [0.1, 0.15) is 18.1 Å². The molecule has 178 valence electrons. The normalized spacial score (nSPS) is 14.7. The van der Waals surface area contributed by atoms with Crippen LogP contribution in [0.5, 0.6) is 17.2 Å². The summed E-state index contributed by atoms with van der Waals surface area (Å²) in [5, 5.41) is 12.3. The number of hydrogen-bond donors (Lipinski definition) is 2. The van der Waals surface area contributed by atoms with Crippen LogP contribution in [0.15, 0.2) is 72.3 Å². The van der Waals surface area contributed by atoms with E-state index in [-0.39, 0.29) is 17.0 Å². The number of phenols is 1. The zero-order valence-corrected chi connectivity index (χ0v) is 19.4. The summed E-state index contributed by atoms with van der Waals surface area (Å²) in [6, 6.07) is 16.9. The lowest BCUT2D eigenvalue weighted by Gasteiger charge is -2.26. The number of carbonyl (C=O) groups is 3. The lowest BCUT2D eigenvalue weighted by molar-refractivity contribution is -0.122. The minimum absolute atomic E-state index is 0.0210. The van der Waals surface area contributed by atoms with Gasteiger partial charge >= 0.3 is 6.03 Å². The number of benzene rings is 3. The van der Waals surface area contributed by atoms with E-state index in [0.29, 0.717) is 35.3 Å². The van der Waals surface area contributed by atoms with Crippen molar-refractivity contribution in [1.82, 2.24) is 5.32 Å². The molecule has 8 nitrogen and oxygen atoms in total. The molecule has 0 aromatic heterocycles. The third kappa shape index (κ3) is 5.44. The number of phenolic OH excluding ortho intramolecular Hbond substituents is 1. The Morgan fingerprint density at radius 2 is 1.66 bits per heavy atom. The van der Waals surface area contributed by atoms with Crippen LogP contribution < -0.4 is 19.7 Å². The second-order valence-corrected chi connectivity index (χ2v) is 7.97. The molecule has 3 aromatic rings. The predicted molar refractivity (Wildman–Crippen MR) is 131 cm³/mol. The molecule has 0 aliphatic carbocycles. The molecule has 1 saturated heterocycles. The van der Waals surface area contributed by atoms with Gasteiger partial charge in [0, 0.05) is 5.02 Å². The number of halogens is 1. The van der Waals surface area contributed by atoms with Gasteiger partial charge in [0.15, 0.2) is 11.5 Å². The van der Waals surface area contributed by atoms with Crippen LogP contribution in [-0.4, -0.2) is 29.6 Å². The number of barbiturate groups is 1. The number of imide groups is 2. The van der Waals surface area contributed by atoms with Crippen molar-refractivity contribution in [3.8, 4) is 17.2 Å². The summed E-state index contributed by atoms with van der Waals surface area (Å²) in [7, 11) is 0. The van der Waals surface area contributed by atoms with Gasteiger partial charge in [-0.15, -0.1) is 0 Å². The summed E-state index contributed by atoms with van der Waals surface area (Å²) in [5.74, 6) is -0.691. The Hall–Kier alpha value is -4.30. The number of amides is 4. The van der Waals surface area contributed by atoms with Gasteiger partial charge in [0.25, 0.3) is 11.8 Å². The Balaban J connectivity index is 1.60. The number of carbonyl (C=O) groups excluding carboxylic acids is 3. The maximum atomic E-state index is 13.0. The number of urea groups is 1. The molecule has 1 aliphatic heterocycles. The molecule has 2 N–H and O–H groups in total. The van der Waals surface area contributed by atoms with Crippen LogP contribution >= 0.6 is 11.6 Å². The molecular weight excluding hydrogens is 472 g/mol. The number of anilines is 1. The van der Waals surface area contributed by atoms with Gasteiger partial charge in [0.05, 0.1) is 12.3 Å². The Morgan fingerprint density at radius 3 is 2.34 bits per heavy atom. The summed E-state index contributed by atoms with van der Waals surface area (Å²) in [4.78, 5) is 38.7. The molecule has 1 aliphatic rings. The maximum absolute atomic E-state index is 13.0. The van der Waals surface area contributed by atoms with E-state index in [9.17, 15) is 19.5 Å². The van der Waals surface area contributed by atoms with Crippen molar-refractivity contribution in [3.63, 3.8) is 0 Å². The van der Waals surface area contributed by atoms with E-state index in [1.165, 1.54) is 30.3 Å². The maximum Gasteiger partial charge on any atom is 0.335 e. The molecule has 0 saturated carbocycles. The SMILES string of the molecule is CCOc1cc(/C=C2\C(=O)NC(=O)N(c3ccc(O)cc3)C2=O)ccc1OCc1ccc(Cl)cc1. The number of hydrogen-bond acceptors (Lipinski definition) is 6. The van der Waals surface area contributed by atoms with Gasteiger partial charge in [-0.2, -0.15) is 0 Å². The Labute approximate surface area is 206 Å². The zero-order valence-electron chi connectivity index (χ0n) is 18.7. The van der Waals surface area contributed by atoms with Crippen LogP contribution in [0.4, 0.5) is 10.5 Å². The summed E-state index contributed by atoms with van der Waals surface area (Å²) >= 11 is 5.92. The van der Waals surface area contributed by atoms with E-state index in [1.807, 2.05) is 19.1 Å². The first-order valence-electron chi connectivity index (χ1n) is 10.7. The summed E-state index contributed by atoms with van der Waals surface area (Å²) in [6.45, 7) is 2.50. The molecule has 3 aromatic carbocycles. The fourth-order valence-electron chi connectivity index (χ4n) is 3.40. The molecule has 4 amide bonds. The van der Waals surface area contributed by atoms with Gasteiger partial charge in [-0.3, -0.25) is 14.9 Å². The fourth-order valence-corrected chi connectivity index (χ4v) is 3.53. The summed E-state index contributed by atoms with van der Waals surface area (Å²) in [6.07, 6.45) is 1.38. The van der Waals surface area contributed by atoms with Gasteiger partial charge in [-0.05, 0) is 72.7 Å². The average molecular weight is 493 g/mol. The van der Waals surface area contributed by atoms with Crippen LogP contribution in [0.3, 0.4) is 0 Å². The third-order valence-electron chi connectivity index (χ3n) is 5.10. The van der Waals surface area contributed by atoms with E-state index in [4.69, 9.17) is 21.1 Å². The number of aromatic hydroxyl groups is 1. The molecule has 35 heavy (non-hydrogen) atoms. The Kier molecular flexibility index (Phi) is 7.03. The molecule has 1 fully saturated rings. The molecule has 1 heterocycles. The number of nitrogens with one attached hydrogen (secondary N) is 1. The molecule has 0 unspecified atom stereocenters.